The van der Waals surface area contributed by atoms with Gasteiger partial charge in [0.05, 0.1) is 19.6 Å². The molecule has 0 saturated carbocycles. The lowest BCUT2D eigenvalue weighted by atomic mass is 9.74. The molecule has 1 aliphatic carbocycles. The van der Waals surface area contributed by atoms with Gasteiger partial charge in [0.25, 0.3) is 0 Å². The molecule has 1 spiro atoms. The van der Waals surface area contributed by atoms with Crippen molar-refractivity contribution in [3.63, 3.8) is 0 Å². The van der Waals surface area contributed by atoms with Crippen molar-refractivity contribution in [2.75, 3.05) is 20.8 Å². The third-order valence-electron chi connectivity index (χ3n) is 3.91. The SMILES string of the molecule is COc1cc(OC)c2c(c1)OC[C@]21C=CCCC1. The van der Waals surface area contributed by atoms with Crippen molar-refractivity contribution in [1.29, 1.82) is 0 Å². The zero-order chi connectivity index (χ0) is 12.6. The average molecular weight is 246 g/mol. The first-order chi connectivity index (χ1) is 8.79. The van der Waals surface area contributed by atoms with Gasteiger partial charge in [-0.2, -0.15) is 0 Å². The molecule has 0 unspecified atom stereocenters. The van der Waals surface area contributed by atoms with E-state index in [0.29, 0.717) is 6.61 Å². The van der Waals surface area contributed by atoms with Crippen LogP contribution in [0, 0.1) is 0 Å². The molecule has 96 valence electrons. The maximum Gasteiger partial charge on any atom is 0.130 e. The summed E-state index contributed by atoms with van der Waals surface area (Å²) < 4.78 is 16.7. The fourth-order valence-electron chi connectivity index (χ4n) is 2.98. The molecule has 0 saturated heterocycles. The minimum atomic E-state index is 0.00516. The second-order valence-electron chi connectivity index (χ2n) is 4.94. The van der Waals surface area contributed by atoms with Crippen molar-refractivity contribution < 1.29 is 14.2 Å². The van der Waals surface area contributed by atoms with E-state index in [0.717, 1.165) is 30.1 Å². The van der Waals surface area contributed by atoms with Gasteiger partial charge >= 0.3 is 0 Å². The predicted molar refractivity (Wildman–Crippen MR) is 69.7 cm³/mol. The van der Waals surface area contributed by atoms with Crippen LogP contribution in [0.4, 0.5) is 0 Å². The van der Waals surface area contributed by atoms with Crippen molar-refractivity contribution in [1.82, 2.24) is 0 Å². The summed E-state index contributed by atoms with van der Waals surface area (Å²) in [4.78, 5) is 0. The molecule has 1 aliphatic heterocycles. The van der Waals surface area contributed by atoms with Crippen LogP contribution in [-0.2, 0) is 5.41 Å². The van der Waals surface area contributed by atoms with Crippen LogP contribution in [0.5, 0.6) is 17.2 Å². The number of allylic oxidation sites excluding steroid dienone is 1. The number of rotatable bonds is 2. The Hall–Kier alpha value is -1.64. The highest BCUT2D eigenvalue weighted by Gasteiger charge is 2.42. The van der Waals surface area contributed by atoms with E-state index >= 15 is 0 Å². The molecule has 1 atom stereocenters. The molecule has 3 nitrogen and oxygen atoms in total. The second kappa shape index (κ2) is 4.23. The third kappa shape index (κ3) is 1.57. The van der Waals surface area contributed by atoms with Gasteiger partial charge in [0.15, 0.2) is 0 Å². The van der Waals surface area contributed by atoms with E-state index in [1.807, 2.05) is 12.1 Å². The lowest BCUT2D eigenvalue weighted by molar-refractivity contribution is 0.278. The molecule has 3 rings (SSSR count). The molecule has 0 bridgehead atoms. The van der Waals surface area contributed by atoms with E-state index in [2.05, 4.69) is 12.2 Å². The molecular formula is C15H18O3. The van der Waals surface area contributed by atoms with Crippen molar-refractivity contribution in [3.8, 4) is 17.2 Å². The highest BCUT2D eigenvalue weighted by molar-refractivity contribution is 5.59. The van der Waals surface area contributed by atoms with E-state index < -0.39 is 0 Å². The topological polar surface area (TPSA) is 27.7 Å². The van der Waals surface area contributed by atoms with Crippen molar-refractivity contribution in [2.24, 2.45) is 0 Å². The summed E-state index contributed by atoms with van der Waals surface area (Å²) in [6.07, 6.45) is 8.03. The molecule has 0 amide bonds. The lowest BCUT2D eigenvalue weighted by Crippen LogP contribution is -2.27. The molecule has 0 fully saturated rings. The van der Waals surface area contributed by atoms with Gasteiger partial charge < -0.3 is 14.2 Å². The fourth-order valence-corrected chi connectivity index (χ4v) is 2.98. The zero-order valence-electron chi connectivity index (χ0n) is 10.9. The van der Waals surface area contributed by atoms with E-state index in [1.165, 1.54) is 12.0 Å². The maximum absolute atomic E-state index is 5.87. The van der Waals surface area contributed by atoms with Crippen LogP contribution < -0.4 is 14.2 Å². The number of hydrogen-bond acceptors (Lipinski definition) is 3. The van der Waals surface area contributed by atoms with Gasteiger partial charge in [0, 0.05) is 17.7 Å². The molecule has 0 radical (unpaired) electrons. The van der Waals surface area contributed by atoms with Crippen LogP contribution >= 0.6 is 0 Å². The number of methoxy groups -OCH3 is 2. The molecule has 0 N–H and O–H groups in total. The fraction of sp³-hybridized carbons (Fsp3) is 0.467. The molecular weight excluding hydrogens is 228 g/mol. The van der Waals surface area contributed by atoms with E-state index in [9.17, 15) is 0 Å². The molecule has 3 heteroatoms. The largest absolute Gasteiger partial charge is 0.496 e. The van der Waals surface area contributed by atoms with Crippen LogP contribution in [0.15, 0.2) is 24.3 Å². The number of fused-ring (bicyclic) bond motifs is 2. The van der Waals surface area contributed by atoms with Crippen molar-refractivity contribution >= 4 is 0 Å². The Morgan fingerprint density at radius 3 is 2.78 bits per heavy atom. The second-order valence-corrected chi connectivity index (χ2v) is 4.94. The van der Waals surface area contributed by atoms with Crippen LogP contribution in [0.3, 0.4) is 0 Å². The number of ether oxygens (including phenoxy) is 3. The summed E-state index contributed by atoms with van der Waals surface area (Å²) in [7, 11) is 3.36. The van der Waals surface area contributed by atoms with Crippen molar-refractivity contribution in [2.45, 2.75) is 24.7 Å². The molecule has 0 aromatic heterocycles. The first-order valence-electron chi connectivity index (χ1n) is 6.36. The Kier molecular flexibility index (Phi) is 2.69. The predicted octanol–water partition coefficient (Wildman–Crippen LogP) is 3.07. The maximum atomic E-state index is 5.87. The summed E-state index contributed by atoms with van der Waals surface area (Å²) in [5.74, 6) is 2.55. The minimum Gasteiger partial charge on any atom is -0.496 e. The Balaban J connectivity index is 2.15. The van der Waals surface area contributed by atoms with E-state index in [4.69, 9.17) is 14.2 Å². The Morgan fingerprint density at radius 1 is 1.22 bits per heavy atom. The quantitative estimate of drug-likeness (QED) is 0.751. The van der Waals surface area contributed by atoms with Crippen LogP contribution in [0.2, 0.25) is 0 Å². The van der Waals surface area contributed by atoms with Crippen LogP contribution in [0.1, 0.15) is 24.8 Å². The molecule has 2 aliphatic rings. The number of benzene rings is 1. The zero-order valence-corrected chi connectivity index (χ0v) is 10.9. The molecule has 1 aromatic carbocycles. The van der Waals surface area contributed by atoms with Gasteiger partial charge in [-0.15, -0.1) is 0 Å². The normalized spacial score (nSPS) is 24.8. The Labute approximate surface area is 107 Å². The van der Waals surface area contributed by atoms with Crippen molar-refractivity contribution in [3.05, 3.63) is 29.8 Å². The highest BCUT2D eigenvalue weighted by Crippen LogP contribution is 2.50. The minimum absolute atomic E-state index is 0.00516. The standard InChI is InChI=1S/C15H18O3/c1-16-11-8-12(17-2)14-13(9-11)18-10-15(14)6-4-3-5-7-15/h4,6,8-9H,3,5,7,10H2,1-2H3/t15-/m1/s1. The third-order valence-corrected chi connectivity index (χ3v) is 3.91. The Bertz CT molecular complexity index is 493. The molecule has 18 heavy (non-hydrogen) atoms. The summed E-state index contributed by atoms with van der Waals surface area (Å²) in [5.41, 5.74) is 1.19. The van der Waals surface area contributed by atoms with E-state index in [-0.39, 0.29) is 5.41 Å². The van der Waals surface area contributed by atoms with Gasteiger partial charge in [0.1, 0.15) is 23.9 Å². The first kappa shape index (κ1) is 11.5. The van der Waals surface area contributed by atoms with E-state index in [1.54, 1.807) is 14.2 Å². The molecule has 1 aromatic rings. The summed E-state index contributed by atoms with van der Waals surface area (Å²) >= 11 is 0. The van der Waals surface area contributed by atoms with Gasteiger partial charge in [-0.05, 0) is 19.3 Å². The smallest absolute Gasteiger partial charge is 0.130 e. The monoisotopic (exact) mass is 246 g/mol. The van der Waals surface area contributed by atoms with Gasteiger partial charge in [-0.25, -0.2) is 0 Å². The lowest BCUT2D eigenvalue weighted by Gasteiger charge is -2.28. The summed E-state index contributed by atoms with van der Waals surface area (Å²) in [6, 6.07) is 3.90. The highest BCUT2D eigenvalue weighted by atomic mass is 16.5. The first-order valence-corrected chi connectivity index (χ1v) is 6.36. The van der Waals surface area contributed by atoms with Gasteiger partial charge in [0.2, 0.25) is 0 Å². The Morgan fingerprint density at radius 2 is 2.11 bits per heavy atom. The van der Waals surface area contributed by atoms with Gasteiger partial charge in [-0.3, -0.25) is 0 Å². The van der Waals surface area contributed by atoms with Gasteiger partial charge in [-0.1, -0.05) is 12.2 Å². The number of hydrogen-bond donors (Lipinski definition) is 0. The molecule has 1 heterocycles. The van der Waals surface area contributed by atoms with Crippen LogP contribution in [0.25, 0.3) is 0 Å². The summed E-state index contributed by atoms with van der Waals surface area (Å²) in [6.45, 7) is 0.711. The summed E-state index contributed by atoms with van der Waals surface area (Å²) in [5, 5.41) is 0. The average Bonchev–Trinajstić information content (AvgIpc) is 2.77. The van der Waals surface area contributed by atoms with Crippen LogP contribution in [-0.4, -0.2) is 20.8 Å².